The molecule has 0 bridgehead atoms. The quantitative estimate of drug-likeness (QED) is 0.860. The Labute approximate surface area is 116 Å². The lowest BCUT2D eigenvalue weighted by atomic mass is 9.98. The molecular weight excluding hydrogens is 238 g/mol. The molecule has 1 heterocycles. The second-order valence-corrected chi connectivity index (χ2v) is 5.31. The highest BCUT2D eigenvalue weighted by Crippen LogP contribution is 2.20. The molecule has 0 amide bonds. The number of nitrogens with two attached hydrogens (primary N) is 1. The number of hydrogen-bond donors (Lipinski definition) is 1. The van der Waals surface area contributed by atoms with E-state index >= 15 is 0 Å². The summed E-state index contributed by atoms with van der Waals surface area (Å²) in [7, 11) is 3.88. The molecule has 1 unspecified atom stereocenters. The molecule has 0 spiro atoms. The molecule has 1 fully saturated rings. The summed E-state index contributed by atoms with van der Waals surface area (Å²) in [6, 6.07) is 8.29. The fourth-order valence-corrected chi connectivity index (χ4v) is 2.53. The van der Waals surface area contributed by atoms with Crippen molar-refractivity contribution in [1.82, 2.24) is 9.80 Å². The molecule has 1 atom stereocenters. The third kappa shape index (κ3) is 3.93. The van der Waals surface area contributed by atoms with Gasteiger partial charge in [0.05, 0.1) is 7.11 Å². The van der Waals surface area contributed by atoms with Gasteiger partial charge in [0.1, 0.15) is 5.75 Å². The smallest absolute Gasteiger partial charge is 0.118 e. The van der Waals surface area contributed by atoms with Gasteiger partial charge in [-0.1, -0.05) is 12.1 Å². The molecule has 0 radical (unpaired) electrons. The first-order chi connectivity index (χ1) is 9.22. The normalized spacial score (nSPS) is 19.3. The minimum atomic E-state index is 0.411. The zero-order valence-electron chi connectivity index (χ0n) is 12.0. The van der Waals surface area contributed by atoms with Crippen LogP contribution < -0.4 is 10.5 Å². The summed E-state index contributed by atoms with van der Waals surface area (Å²) in [5, 5.41) is 0. The van der Waals surface area contributed by atoms with Gasteiger partial charge in [-0.05, 0) is 24.7 Å². The lowest BCUT2D eigenvalue weighted by Gasteiger charge is -2.34. The average molecular weight is 263 g/mol. The van der Waals surface area contributed by atoms with Crippen LogP contribution in [-0.2, 0) is 0 Å². The van der Waals surface area contributed by atoms with Crippen molar-refractivity contribution < 1.29 is 4.74 Å². The van der Waals surface area contributed by atoms with Crippen LogP contribution in [0.4, 0.5) is 0 Å². The molecule has 0 aliphatic carbocycles. The lowest BCUT2D eigenvalue weighted by molar-refractivity contribution is 0.147. The molecule has 19 heavy (non-hydrogen) atoms. The Hall–Kier alpha value is -1.10. The van der Waals surface area contributed by atoms with E-state index in [2.05, 4.69) is 29.0 Å². The summed E-state index contributed by atoms with van der Waals surface area (Å²) >= 11 is 0. The van der Waals surface area contributed by atoms with Gasteiger partial charge in [0, 0.05) is 45.2 Å². The fraction of sp³-hybridized carbons (Fsp3) is 0.600. The average Bonchev–Trinajstić information content (AvgIpc) is 2.47. The molecule has 4 nitrogen and oxygen atoms in total. The Bertz CT molecular complexity index is 371. The van der Waals surface area contributed by atoms with E-state index in [1.165, 1.54) is 5.56 Å². The molecule has 1 aliphatic heterocycles. The van der Waals surface area contributed by atoms with Gasteiger partial charge in [-0.2, -0.15) is 0 Å². The van der Waals surface area contributed by atoms with Crippen molar-refractivity contribution in [1.29, 1.82) is 0 Å². The SMILES string of the molecule is COc1ccc(C(CN)CN2CCN(C)CC2)cc1. The minimum Gasteiger partial charge on any atom is -0.497 e. The molecule has 1 aliphatic rings. The van der Waals surface area contributed by atoms with Crippen LogP contribution >= 0.6 is 0 Å². The van der Waals surface area contributed by atoms with Gasteiger partial charge in [0.2, 0.25) is 0 Å². The maximum Gasteiger partial charge on any atom is 0.118 e. The van der Waals surface area contributed by atoms with Gasteiger partial charge in [-0.15, -0.1) is 0 Å². The van der Waals surface area contributed by atoms with Crippen LogP contribution in [0.15, 0.2) is 24.3 Å². The molecule has 1 aromatic rings. The predicted molar refractivity (Wildman–Crippen MR) is 78.7 cm³/mol. The second kappa shape index (κ2) is 6.89. The first-order valence-electron chi connectivity index (χ1n) is 6.98. The molecule has 0 aromatic heterocycles. The molecular formula is C15H25N3O. The van der Waals surface area contributed by atoms with E-state index in [0.717, 1.165) is 38.5 Å². The number of likely N-dealkylation sites (N-methyl/N-ethyl adjacent to an activating group) is 1. The first-order valence-corrected chi connectivity index (χ1v) is 6.98. The number of benzene rings is 1. The van der Waals surface area contributed by atoms with Crippen molar-refractivity contribution in [3.05, 3.63) is 29.8 Å². The highest BCUT2D eigenvalue weighted by molar-refractivity contribution is 5.29. The van der Waals surface area contributed by atoms with Gasteiger partial charge >= 0.3 is 0 Å². The maximum atomic E-state index is 5.95. The first kappa shape index (κ1) is 14.3. The van der Waals surface area contributed by atoms with Crippen LogP contribution in [0.2, 0.25) is 0 Å². The van der Waals surface area contributed by atoms with Crippen LogP contribution in [0.25, 0.3) is 0 Å². The van der Waals surface area contributed by atoms with E-state index < -0.39 is 0 Å². The zero-order valence-corrected chi connectivity index (χ0v) is 12.0. The number of ether oxygens (including phenoxy) is 1. The Kier molecular flexibility index (Phi) is 5.19. The summed E-state index contributed by atoms with van der Waals surface area (Å²) in [6.07, 6.45) is 0. The van der Waals surface area contributed by atoms with Gasteiger partial charge in [-0.25, -0.2) is 0 Å². The lowest BCUT2D eigenvalue weighted by Crippen LogP contribution is -2.46. The van der Waals surface area contributed by atoms with Gasteiger partial charge < -0.3 is 20.3 Å². The van der Waals surface area contributed by atoms with Crippen molar-refractivity contribution in [2.24, 2.45) is 5.73 Å². The molecule has 1 saturated heterocycles. The zero-order chi connectivity index (χ0) is 13.7. The van der Waals surface area contributed by atoms with E-state index in [-0.39, 0.29) is 0 Å². The third-order valence-electron chi connectivity index (χ3n) is 3.95. The van der Waals surface area contributed by atoms with Crippen LogP contribution in [0.5, 0.6) is 5.75 Å². The summed E-state index contributed by atoms with van der Waals surface area (Å²) in [5.74, 6) is 1.31. The van der Waals surface area contributed by atoms with Crippen molar-refractivity contribution in [2.75, 3.05) is 53.4 Å². The maximum absolute atomic E-state index is 5.95. The minimum absolute atomic E-state index is 0.411. The number of hydrogen-bond acceptors (Lipinski definition) is 4. The highest BCUT2D eigenvalue weighted by Gasteiger charge is 2.18. The van der Waals surface area contributed by atoms with E-state index in [1.54, 1.807) is 7.11 Å². The molecule has 4 heteroatoms. The summed E-state index contributed by atoms with van der Waals surface area (Å²) in [6.45, 7) is 6.33. The second-order valence-electron chi connectivity index (χ2n) is 5.31. The van der Waals surface area contributed by atoms with Crippen LogP contribution in [0.1, 0.15) is 11.5 Å². The summed E-state index contributed by atoms with van der Waals surface area (Å²) < 4.78 is 5.20. The Balaban J connectivity index is 1.95. The summed E-state index contributed by atoms with van der Waals surface area (Å²) in [4.78, 5) is 4.89. The Morgan fingerprint density at radius 3 is 2.32 bits per heavy atom. The van der Waals surface area contributed by atoms with E-state index in [9.17, 15) is 0 Å². The Morgan fingerprint density at radius 1 is 1.16 bits per heavy atom. The number of methoxy groups -OCH3 is 1. The van der Waals surface area contributed by atoms with Crippen molar-refractivity contribution in [2.45, 2.75) is 5.92 Å². The third-order valence-corrected chi connectivity index (χ3v) is 3.95. The van der Waals surface area contributed by atoms with Gasteiger partial charge in [-0.3, -0.25) is 0 Å². The van der Waals surface area contributed by atoms with Gasteiger partial charge in [0.15, 0.2) is 0 Å². The van der Waals surface area contributed by atoms with E-state index in [1.807, 2.05) is 12.1 Å². The van der Waals surface area contributed by atoms with Gasteiger partial charge in [0.25, 0.3) is 0 Å². The van der Waals surface area contributed by atoms with Crippen LogP contribution in [0.3, 0.4) is 0 Å². The van der Waals surface area contributed by atoms with Crippen LogP contribution in [0, 0.1) is 0 Å². The topological polar surface area (TPSA) is 41.7 Å². The summed E-state index contributed by atoms with van der Waals surface area (Å²) in [5.41, 5.74) is 7.26. The van der Waals surface area contributed by atoms with Crippen molar-refractivity contribution in [3.63, 3.8) is 0 Å². The molecule has 0 saturated carbocycles. The molecule has 2 rings (SSSR count). The van der Waals surface area contributed by atoms with Crippen molar-refractivity contribution in [3.8, 4) is 5.75 Å². The number of rotatable bonds is 5. The molecule has 106 valence electrons. The highest BCUT2D eigenvalue weighted by atomic mass is 16.5. The molecule has 2 N–H and O–H groups in total. The van der Waals surface area contributed by atoms with E-state index in [0.29, 0.717) is 12.5 Å². The predicted octanol–water partition coefficient (Wildman–Crippen LogP) is 0.985. The van der Waals surface area contributed by atoms with Crippen LogP contribution in [-0.4, -0.2) is 63.2 Å². The monoisotopic (exact) mass is 263 g/mol. The number of nitrogens with zero attached hydrogens (tertiary/aromatic N) is 2. The molecule has 1 aromatic carbocycles. The largest absolute Gasteiger partial charge is 0.497 e. The van der Waals surface area contributed by atoms with Crippen molar-refractivity contribution >= 4 is 0 Å². The fourth-order valence-electron chi connectivity index (χ4n) is 2.53. The number of piperazine rings is 1. The Morgan fingerprint density at radius 2 is 1.79 bits per heavy atom. The van der Waals surface area contributed by atoms with E-state index in [4.69, 9.17) is 10.5 Å². The standard InChI is InChI=1S/C15H25N3O/c1-17-7-9-18(10-8-17)12-14(11-16)13-3-5-15(19-2)6-4-13/h3-6,14H,7-12,16H2,1-2H3.